The van der Waals surface area contributed by atoms with Gasteiger partial charge in [-0.2, -0.15) is 5.10 Å². The summed E-state index contributed by atoms with van der Waals surface area (Å²) in [5.41, 5.74) is 0.557. The van der Waals surface area contributed by atoms with Gasteiger partial charge in [-0.25, -0.2) is 9.97 Å². The third kappa shape index (κ3) is 3.81. The predicted molar refractivity (Wildman–Crippen MR) is 88.6 cm³/mol. The number of carboxylic acids is 1. The smallest absolute Gasteiger partial charge is 0.325 e. The zero-order valence-corrected chi connectivity index (χ0v) is 13.8. The molecular formula is C16H16N4O6. The number of rotatable bonds is 8. The molecule has 136 valence electrons. The van der Waals surface area contributed by atoms with E-state index in [1.165, 1.54) is 30.5 Å². The Morgan fingerprint density at radius 1 is 1.27 bits per heavy atom. The van der Waals surface area contributed by atoms with Crippen LogP contribution in [-0.2, 0) is 11.3 Å². The second kappa shape index (κ2) is 7.66. The lowest BCUT2D eigenvalue weighted by molar-refractivity contribution is -0.137. The zero-order chi connectivity index (χ0) is 18.5. The summed E-state index contributed by atoms with van der Waals surface area (Å²) in [6.07, 6.45) is 4.19. The van der Waals surface area contributed by atoms with E-state index in [1.54, 1.807) is 12.1 Å². The molecular weight excluding hydrogens is 344 g/mol. The number of hydrogen-bond acceptors (Lipinski definition) is 8. The molecule has 0 bridgehead atoms. The van der Waals surface area contributed by atoms with E-state index < -0.39 is 5.97 Å². The van der Waals surface area contributed by atoms with Crippen molar-refractivity contribution in [2.45, 2.75) is 6.54 Å². The fraction of sp³-hybridized carbons (Fsp3) is 0.250. The van der Waals surface area contributed by atoms with Crippen LogP contribution in [0.5, 0.6) is 23.1 Å². The number of methoxy groups -OCH3 is 1. The van der Waals surface area contributed by atoms with Crippen molar-refractivity contribution in [3.8, 4) is 23.1 Å². The molecule has 0 aliphatic rings. The first-order valence-electron chi connectivity index (χ1n) is 7.59. The molecule has 1 aromatic carbocycles. The Morgan fingerprint density at radius 2 is 2.12 bits per heavy atom. The van der Waals surface area contributed by atoms with Gasteiger partial charge >= 0.3 is 5.97 Å². The number of ether oxygens (including phenoxy) is 3. The van der Waals surface area contributed by atoms with Crippen LogP contribution in [0.25, 0.3) is 10.9 Å². The van der Waals surface area contributed by atoms with Gasteiger partial charge in [-0.05, 0) is 6.07 Å². The lowest BCUT2D eigenvalue weighted by Gasteiger charge is -2.12. The summed E-state index contributed by atoms with van der Waals surface area (Å²) in [4.78, 5) is 19.0. The van der Waals surface area contributed by atoms with Crippen molar-refractivity contribution in [2.75, 3.05) is 20.3 Å². The topological polar surface area (TPSA) is 129 Å². The van der Waals surface area contributed by atoms with Gasteiger partial charge in [0.15, 0.2) is 17.2 Å². The minimum absolute atomic E-state index is 0.124. The number of aromatic nitrogens is 4. The first-order chi connectivity index (χ1) is 12.6. The summed E-state index contributed by atoms with van der Waals surface area (Å²) in [6.45, 7) is -0.272. The highest BCUT2D eigenvalue weighted by Gasteiger charge is 2.14. The number of carbonyl (C=O) groups is 1. The Labute approximate surface area is 147 Å². The lowest BCUT2D eigenvalue weighted by atomic mass is 10.2. The van der Waals surface area contributed by atoms with Crippen LogP contribution in [0.15, 0.2) is 30.9 Å². The first-order valence-corrected chi connectivity index (χ1v) is 7.59. The largest absolute Gasteiger partial charge is 0.493 e. The third-order valence-corrected chi connectivity index (χ3v) is 3.35. The standard InChI is InChI=1S/C16H16N4O6/c1-24-13-4-11-12(5-14(13)25-3-2-21)17-9-18-16(11)26-10-6-19-20(7-10)8-15(22)23/h4-7,9,21H,2-3,8H2,1H3,(H,22,23). The van der Waals surface area contributed by atoms with Crippen LogP contribution in [0.2, 0.25) is 0 Å². The van der Waals surface area contributed by atoms with Crippen molar-refractivity contribution in [3.63, 3.8) is 0 Å². The summed E-state index contributed by atoms with van der Waals surface area (Å²) in [7, 11) is 1.49. The molecule has 10 heteroatoms. The molecule has 2 aromatic heterocycles. The Bertz CT molecular complexity index is 926. The Kier molecular flexibility index (Phi) is 5.13. The van der Waals surface area contributed by atoms with Gasteiger partial charge in [-0.3, -0.25) is 9.48 Å². The van der Waals surface area contributed by atoms with Crippen LogP contribution in [-0.4, -0.2) is 56.3 Å². The fourth-order valence-electron chi connectivity index (χ4n) is 2.28. The highest BCUT2D eigenvalue weighted by atomic mass is 16.5. The minimum Gasteiger partial charge on any atom is -0.493 e. The molecule has 0 saturated carbocycles. The number of hydrogen-bond donors (Lipinski definition) is 2. The van der Waals surface area contributed by atoms with Crippen LogP contribution < -0.4 is 14.2 Å². The normalized spacial score (nSPS) is 10.7. The van der Waals surface area contributed by atoms with Gasteiger partial charge in [0, 0.05) is 6.07 Å². The van der Waals surface area contributed by atoms with Gasteiger partial charge in [-0.1, -0.05) is 0 Å². The van der Waals surface area contributed by atoms with Crippen LogP contribution in [0.3, 0.4) is 0 Å². The second-order valence-electron chi connectivity index (χ2n) is 5.14. The first kappa shape index (κ1) is 17.4. The molecule has 0 unspecified atom stereocenters. The number of nitrogens with zero attached hydrogens (tertiary/aromatic N) is 4. The van der Waals surface area contributed by atoms with Crippen LogP contribution in [0.4, 0.5) is 0 Å². The van der Waals surface area contributed by atoms with E-state index in [-0.39, 0.29) is 25.6 Å². The van der Waals surface area contributed by atoms with E-state index in [2.05, 4.69) is 15.1 Å². The quantitative estimate of drug-likeness (QED) is 0.606. The average molecular weight is 360 g/mol. The molecule has 3 aromatic rings. The van der Waals surface area contributed by atoms with Crippen LogP contribution in [0, 0.1) is 0 Å². The molecule has 0 amide bonds. The highest BCUT2D eigenvalue weighted by molar-refractivity contribution is 5.87. The van der Waals surface area contributed by atoms with Crippen LogP contribution >= 0.6 is 0 Å². The average Bonchev–Trinajstić information content (AvgIpc) is 3.05. The van der Waals surface area contributed by atoms with E-state index in [1.807, 2.05) is 0 Å². The molecule has 2 heterocycles. The molecule has 0 radical (unpaired) electrons. The maximum Gasteiger partial charge on any atom is 0.325 e. The number of carboxylic acid groups (broad SMARTS) is 1. The second-order valence-corrected chi connectivity index (χ2v) is 5.14. The maximum absolute atomic E-state index is 10.7. The monoisotopic (exact) mass is 360 g/mol. The Hall–Kier alpha value is -3.40. The van der Waals surface area contributed by atoms with Gasteiger partial charge in [0.25, 0.3) is 0 Å². The van der Waals surface area contributed by atoms with Crippen LogP contribution in [0.1, 0.15) is 0 Å². The van der Waals surface area contributed by atoms with Gasteiger partial charge in [-0.15, -0.1) is 0 Å². The van der Waals surface area contributed by atoms with Crippen molar-refractivity contribution < 1.29 is 29.2 Å². The van der Waals surface area contributed by atoms with Gasteiger partial charge in [0.05, 0.1) is 37.0 Å². The van der Waals surface area contributed by atoms with E-state index in [9.17, 15) is 4.79 Å². The molecule has 0 aliphatic heterocycles. The van der Waals surface area contributed by atoms with E-state index in [0.717, 1.165) is 0 Å². The fourth-order valence-corrected chi connectivity index (χ4v) is 2.28. The summed E-state index contributed by atoms with van der Waals surface area (Å²) < 4.78 is 17.7. The lowest BCUT2D eigenvalue weighted by Crippen LogP contribution is -2.08. The Balaban J connectivity index is 1.93. The molecule has 3 rings (SSSR count). The predicted octanol–water partition coefficient (Wildman–Crippen LogP) is 1.08. The number of aliphatic carboxylic acids is 1. The van der Waals surface area contributed by atoms with E-state index in [4.69, 9.17) is 24.4 Å². The van der Waals surface area contributed by atoms with E-state index >= 15 is 0 Å². The molecule has 0 fully saturated rings. The third-order valence-electron chi connectivity index (χ3n) is 3.35. The molecule has 0 saturated heterocycles. The van der Waals surface area contributed by atoms with Crippen molar-refractivity contribution in [1.82, 2.24) is 19.7 Å². The van der Waals surface area contributed by atoms with Crippen molar-refractivity contribution >= 4 is 16.9 Å². The van der Waals surface area contributed by atoms with Gasteiger partial charge < -0.3 is 24.4 Å². The number of fused-ring (bicyclic) bond motifs is 1. The molecule has 10 nitrogen and oxygen atoms in total. The van der Waals surface area contributed by atoms with Gasteiger partial charge in [0.2, 0.25) is 5.88 Å². The highest BCUT2D eigenvalue weighted by Crippen LogP contribution is 2.35. The molecule has 2 N–H and O–H groups in total. The van der Waals surface area contributed by atoms with Crippen molar-refractivity contribution in [3.05, 3.63) is 30.9 Å². The summed E-state index contributed by atoms with van der Waals surface area (Å²) in [5.74, 6) is 0.468. The summed E-state index contributed by atoms with van der Waals surface area (Å²) >= 11 is 0. The Morgan fingerprint density at radius 3 is 2.85 bits per heavy atom. The SMILES string of the molecule is COc1cc2c(Oc3cnn(CC(=O)O)c3)ncnc2cc1OCCO. The van der Waals surface area contributed by atoms with E-state index in [0.29, 0.717) is 28.2 Å². The minimum atomic E-state index is -1.01. The van der Waals surface area contributed by atoms with Crippen molar-refractivity contribution in [2.24, 2.45) is 0 Å². The summed E-state index contributed by atoms with van der Waals surface area (Å²) in [5, 5.41) is 22.2. The molecule has 26 heavy (non-hydrogen) atoms. The number of aliphatic hydroxyl groups is 1. The summed E-state index contributed by atoms with van der Waals surface area (Å²) in [6, 6.07) is 3.32. The van der Waals surface area contributed by atoms with Gasteiger partial charge in [0.1, 0.15) is 19.5 Å². The van der Waals surface area contributed by atoms with Crippen molar-refractivity contribution in [1.29, 1.82) is 0 Å². The molecule has 0 atom stereocenters. The molecule has 0 aliphatic carbocycles. The number of benzene rings is 1. The zero-order valence-electron chi connectivity index (χ0n) is 13.8. The maximum atomic E-state index is 10.7. The molecule has 0 spiro atoms. The number of aliphatic hydroxyl groups excluding tert-OH is 1.